The summed E-state index contributed by atoms with van der Waals surface area (Å²) in [6, 6.07) is 7.94. The Labute approximate surface area is 127 Å². The molecule has 1 atom stereocenters. The summed E-state index contributed by atoms with van der Waals surface area (Å²) in [5.74, 6) is 0.374. The van der Waals surface area contributed by atoms with Crippen LogP contribution in [-0.4, -0.2) is 52.5 Å². The van der Waals surface area contributed by atoms with E-state index in [1.165, 1.54) is 0 Å². The largest absolute Gasteiger partial charge is 0.508 e. The molecule has 4 nitrogen and oxygen atoms in total. The molecule has 4 heteroatoms. The number of amides is 1. The van der Waals surface area contributed by atoms with Gasteiger partial charge < -0.3 is 10.0 Å². The summed E-state index contributed by atoms with van der Waals surface area (Å²) in [4.78, 5) is 16.9. The zero-order valence-corrected chi connectivity index (χ0v) is 13.2. The van der Waals surface area contributed by atoms with Crippen molar-refractivity contribution < 1.29 is 9.90 Å². The fraction of sp³-hybridized carbons (Fsp3) is 0.588. The molecular weight excluding hydrogens is 264 g/mol. The number of phenols is 1. The lowest BCUT2D eigenvalue weighted by Gasteiger charge is -2.43. The molecular formula is C17H26N2O2. The maximum absolute atomic E-state index is 12.4. The molecule has 0 bridgehead atoms. The Morgan fingerprint density at radius 1 is 1.38 bits per heavy atom. The van der Waals surface area contributed by atoms with Gasteiger partial charge in [0.1, 0.15) is 5.75 Å². The van der Waals surface area contributed by atoms with E-state index in [2.05, 4.69) is 25.7 Å². The number of rotatable bonds is 4. The highest BCUT2D eigenvalue weighted by Gasteiger charge is 2.29. The molecule has 1 fully saturated rings. The third-order valence-corrected chi connectivity index (χ3v) is 4.28. The lowest BCUT2D eigenvalue weighted by atomic mass is 10.1. The zero-order valence-electron chi connectivity index (χ0n) is 13.2. The summed E-state index contributed by atoms with van der Waals surface area (Å²) >= 11 is 0. The van der Waals surface area contributed by atoms with Gasteiger partial charge in [0.2, 0.25) is 5.91 Å². The van der Waals surface area contributed by atoms with Crippen molar-refractivity contribution >= 4 is 5.91 Å². The lowest BCUT2D eigenvalue weighted by molar-refractivity contribution is -0.134. The predicted molar refractivity (Wildman–Crippen MR) is 84.3 cm³/mol. The van der Waals surface area contributed by atoms with E-state index in [9.17, 15) is 9.90 Å². The van der Waals surface area contributed by atoms with Crippen molar-refractivity contribution in [1.29, 1.82) is 0 Å². The average molecular weight is 290 g/mol. The number of carbonyl (C=O) groups is 1. The molecule has 1 N–H and O–H groups in total. The molecule has 0 saturated carbocycles. The second-order valence-corrected chi connectivity index (χ2v) is 6.08. The Kier molecular flexibility index (Phi) is 5.23. The Hall–Kier alpha value is -1.55. The van der Waals surface area contributed by atoms with Gasteiger partial charge >= 0.3 is 0 Å². The van der Waals surface area contributed by atoms with Crippen molar-refractivity contribution in [2.24, 2.45) is 0 Å². The van der Waals surface area contributed by atoms with E-state index in [1.54, 1.807) is 18.2 Å². The van der Waals surface area contributed by atoms with Crippen LogP contribution in [0.2, 0.25) is 0 Å². The van der Waals surface area contributed by atoms with Crippen LogP contribution >= 0.6 is 0 Å². The quantitative estimate of drug-likeness (QED) is 0.925. The van der Waals surface area contributed by atoms with Gasteiger partial charge in [0.25, 0.3) is 0 Å². The number of carbonyl (C=O) groups excluding carboxylic acids is 1. The van der Waals surface area contributed by atoms with Crippen LogP contribution in [0.4, 0.5) is 0 Å². The van der Waals surface area contributed by atoms with Crippen LogP contribution in [0.3, 0.4) is 0 Å². The summed E-state index contributed by atoms with van der Waals surface area (Å²) in [5, 5.41) is 9.48. The summed E-state index contributed by atoms with van der Waals surface area (Å²) in [6.07, 6.45) is 1.43. The number of piperazine rings is 1. The molecule has 21 heavy (non-hydrogen) atoms. The van der Waals surface area contributed by atoms with Gasteiger partial charge in [-0.3, -0.25) is 9.69 Å². The first-order valence-corrected chi connectivity index (χ1v) is 7.82. The van der Waals surface area contributed by atoms with E-state index >= 15 is 0 Å². The molecule has 1 aliphatic heterocycles. The van der Waals surface area contributed by atoms with Crippen LogP contribution in [0.25, 0.3) is 0 Å². The molecule has 1 heterocycles. The van der Waals surface area contributed by atoms with Crippen molar-refractivity contribution in [2.45, 2.75) is 45.7 Å². The molecule has 116 valence electrons. The van der Waals surface area contributed by atoms with E-state index in [-0.39, 0.29) is 11.7 Å². The van der Waals surface area contributed by atoms with Crippen molar-refractivity contribution in [1.82, 2.24) is 9.80 Å². The van der Waals surface area contributed by atoms with Gasteiger partial charge in [-0.1, -0.05) is 19.1 Å². The smallest absolute Gasteiger partial charge is 0.227 e. The molecule has 0 radical (unpaired) electrons. The SMILES string of the molecule is CC[C@H]1CN(C(=O)Cc2cccc(O)c2)CCN1C(C)C. The predicted octanol–water partition coefficient (Wildman–Crippen LogP) is 2.27. The molecule has 1 aliphatic rings. The van der Waals surface area contributed by atoms with Crippen LogP contribution in [0.1, 0.15) is 32.8 Å². The van der Waals surface area contributed by atoms with Crippen molar-refractivity contribution in [3.63, 3.8) is 0 Å². The van der Waals surface area contributed by atoms with Gasteiger partial charge in [0.15, 0.2) is 0 Å². The highest BCUT2D eigenvalue weighted by atomic mass is 16.3. The van der Waals surface area contributed by atoms with Crippen molar-refractivity contribution in [3.8, 4) is 5.75 Å². The molecule has 0 spiro atoms. The van der Waals surface area contributed by atoms with Gasteiger partial charge in [0, 0.05) is 31.7 Å². The highest BCUT2D eigenvalue weighted by Crippen LogP contribution is 2.18. The number of aromatic hydroxyl groups is 1. The van der Waals surface area contributed by atoms with Crippen molar-refractivity contribution in [2.75, 3.05) is 19.6 Å². The normalized spacial score (nSPS) is 20.0. The fourth-order valence-electron chi connectivity index (χ4n) is 3.09. The van der Waals surface area contributed by atoms with Crippen LogP contribution in [-0.2, 0) is 11.2 Å². The molecule has 1 saturated heterocycles. The van der Waals surface area contributed by atoms with Gasteiger partial charge in [-0.25, -0.2) is 0 Å². The average Bonchev–Trinajstić information content (AvgIpc) is 2.46. The Morgan fingerprint density at radius 3 is 2.76 bits per heavy atom. The lowest BCUT2D eigenvalue weighted by Crippen LogP contribution is -2.56. The Bertz CT molecular complexity index is 487. The summed E-state index contributed by atoms with van der Waals surface area (Å²) < 4.78 is 0. The molecule has 0 unspecified atom stereocenters. The summed E-state index contributed by atoms with van der Waals surface area (Å²) in [6.45, 7) is 9.17. The highest BCUT2D eigenvalue weighted by molar-refractivity contribution is 5.79. The Morgan fingerprint density at radius 2 is 2.14 bits per heavy atom. The zero-order chi connectivity index (χ0) is 15.4. The van der Waals surface area contributed by atoms with E-state index in [0.717, 1.165) is 31.6 Å². The van der Waals surface area contributed by atoms with Gasteiger partial charge in [-0.15, -0.1) is 0 Å². The van der Waals surface area contributed by atoms with E-state index < -0.39 is 0 Å². The van der Waals surface area contributed by atoms with Crippen LogP contribution in [0.5, 0.6) is 5.75 Å². The van der Waals surface area contributed by atoms with Gasteiger partial charge in [-0.05, 0) is 38.0 Å². The number of phenolic OH excluding ortho intramolecular Hbond substituents is 1. The molecule has 0 aromatic heterocycles. The molecule has 0 aliphatic carbocycles. The van der Waals surface area contributed by atoms with E-state index in [4.69, 9.17) is 0 Å². The monoisotopic (exact) mass is 290 g/mol. The van der Waals surface area contributed by atoms with E-state index in [1.807, 2.05) is 11.0 Å². The first-order chi connectivity index (χ1) is 10.0. The number of hydrogen-bond acceptors (Lipinski definition) is 3. The fourth-order valence-corrected chi connectivity index (χ4v) is 3.09. The third-order valence-electron chi connectivity index (χ3n) is 4.28. The first kappa shape index (κ1) is 15.8. The summed E-state index contributed by atoms with van der Waals surface area (Å²) in [5.41, 5.74) is 0.874. The van der Waals surface area contributed by atoms with E-state index in [0.29, 0.717) is 18.5 Å². The second-order valence-electron chi connectivity index (χ2n) is 6.08. The summed E-state index contributed by atoms with van der Waals surface area (Å²) in [7, 11) is 0. The van der Waals surface area contributed by atoms with Crippen LogP contribution < -0.4 is 0 Å². The molecule has 2 rings (SSSR count). The minimum atomic E-state index is 0.155. The molecule has 1 amide bonds. The maximum atomic E-state index is 12.4. The van der Waals surface area contributed by atoms with Gasteiger partial charge in [0.05, 0.1) is 6.42 Å². The first-order valence-electron chi connectivity index (χ1n) is 7.82. The van der Waals surface area contributed by atoms with Crippen molar-refractivity contribution in [3.05, 3.63) is 29.8 Å². The topological polar surface area (TPSA) is 43.8 Å². The Balaban J connectivity index is 1.98. The molecule has 1 aromatic carbocycles. The second kappa shape index (κ2) is 6.94. The number of benzene rings is 1. The molecule has 1 aromatic rings. The van der Waals surface area contributed by atoms with Crippen LogP contribution in [0, 0.1) is 0 Å². The third kappa shape index (κ3) is 3.97. The number of hydrogen-bond donors (Lipinski definition) is 1. The standard InChI is InChI=1S/C17H26N2O2/c1-4-15-12-18(8-9-19(15)13(2)3)17(21)11-14-6-5-7-16(20)10-14/h5-7,10,13,15,20H,4,8-9,11-12H2,1-3H3/t15-/m0/s1. The minimum absolute atomic E-state index is 0.155. The minimum Gasteiger partial charge on any atom is -0.508 e. The van der Waals surface area contributed by atoms with Gasteiger partial charge in [-0.2, -0.15) is 0 Å². The maximum Gasteiger partial charge on any atom is 0.227 e. The number of nitrogens with zero attached hydrogens (tertiary/aromatic N) is 2. The van der Waals surface area contributed by atoms with Crippen LogP contribution in [0.15, 0.2) is 24.3 Å².